The first-order valence-electron chi connectivity index (χ1n) is 5.58. The molecule has 0 heterocycles. The van der Waals surface area contributed by atoms with Crippen LogP contribution in [0.5, 0.6) is 0 Å². The van der Waals surface area contributed by atoms with Crippen molar-refractivity contribution in [3.05, 3.63) is 29.6 Å². The lowest BCUT2D eigenvalue weighted by Gasteiger charge is -2.11. The SMILES string of the molecule is CC(NS(=O)(=O)c1ccc(C#CCN)cc1F)C(N)=O. The standard InChI is InChI=1S/C12H14FN3O3S/c1-8(12(15)17)16-20(18,19)11-5-4-9(3-2-6-14)7-10(11)13/h4-5,7-8,16H,6,14H2,1H3,(H2,15,17). The van der Waals surface area contributed by atoms with Gasteiger partial charge in [0.25, 0.3) is 0 Å². The van der Waals surface area contributed by atoms with E-state index >= 15 is 0 Å². The fourth-order valence-electron chi connectivity index (χ4n) is 1.30. The molecule has 1 amide bonds. The van der Waals surface area contributed by atoms with E-state index in [0.717, 1.165) is 12.1 Å². The van der Waals surface area contributed by atoms with Crippen molar-refractivity contribution in [2.45, 2.75) is 17.9 Å². The summed E-state index contributed by atoms with van der Waals surface area (Å²) < 4.78 is 39.5. The zero-order valence-corrected chi connectivity index (χ0v) is 11.5. The number of nitrogens with one attached hydrogen (secondary N) is 1. The second-order valence-electron chi connectivity index (χ2n) is 3.90. The first kappa shape index (κ1) is 16.1. The van der Waals surface area contributed by atoms with Crippen LogP contribution in [0.4, 0.5) is 4.39 Å². The van der Waals surface area contributed by atoms with Crippen molar-refractivity contribution >= 4 is 15.9 Å². The molecule has 0 aliphatic rings. The van der Waals surface area contributed by atoms with Crippen LogP contribution >= 0.6 is 0 Å². The zero-order chi connectivity index (χ0) is 15.3. The molecule has 20 heavy (non-hydrogen) atoms. The van der Waals surface area contributed by atoms with Crippen molar-refractivity contribution in [1.82, 2.24) is 4.72 Å². The van der Waals surface area contributed by atoms with Gasteiger partial charge in [0, 0.05) is 5.56 Å². The molecule has 0 aliphatic heterocycles. The molecule has 1 atom stereocenters. The molecule has 6 nitrogen and oxygen atoms in total. The molecule has 0 aliphatic carbocycles. The lowest BCUT2D eigenvalue weighted by molar-refractivity contribution is -0.119. The minimum absolute atomic E-state index is 0.110. The number of carbonyl (C=O) groups is 1. The lowest BCUT2D eigenvalue weighted by atomic mass is 10.2. The average molecular weight is 299 g/mol. The third kappa shape index (κ3) is 4.03. The fourth-order valence-corrected chi connectivity index (χ4v) is 2.58. The maximum atomic E-state index is 13.8. The van der Waals surface area contributed by atoms with Crippen molar-refractivity contribution in [2.75, 3.05) is 6.54 Å². The maximum absolute atomic E-state index is 13.8. The number of carbonyl (C=O) groups excluding carboxylic acids is 1. The van der Waals surface area contributed by atoms with E-state index < -0.39 is 32.7 Å². The first-order valence-corrected chi connectivity index (χ1v) is 7.06. The minimum Gasteiger partial charge on any atom is -0.368 e. The summed E-state index contributed by atoms with van der Waals surface area (Å²) in [4.78, 5) is 10.3. The predicted octanol–water partition coefficient (Wildman–Crippen LogP) is -0.712. The summed E-state index contributed by atoms with van der Waals surface area (Å²) in [7, 11) is -4.17. The second kappa shape index (κ2) is 6.47. The smallest absolute Gasteiger partial charge is 0.244 e. The summed E-state index contributed by atoms with van der Waals surface area (Å²) in [5, 5.41) is 0. The van der Waals surface area contributed by atoms with E-state index in [4.69, 9.17) is 11.5 Å². The topological polar surface area (TPSA) is 115 Å². The van der Waals surface area contributed by atoms with Gasteiger partial charge in [-0.3, -0.25) is 4.79 Å². The molecule has 1 aromatic carbocycles. The summed E-state index contributed by atoms with van der Waals surface area (Å²) >= 11 is 0. The number of amides is 1. The van der Waals surface area contributed by atoms with Gasteiger partial charge in [-0.2, -0.15) is 4.72 Å². The maximum Gasteiger partial charge on any atom is 0.244 e. The lowest BCUT2D eigenvalue weighted by Crippen LogP contribution is -2.42. The molecule has 0 radical (unpaired) electrons. The quantitative estimate of drug-likeness (QED) is 0.637. The summed E-state index contributed by atoms with van der Waals surface area (Å²) in [5.41, 5.74) is 10.4. The number of sulfonamides is 1. The molecule has 8 heteroatoms. The third-order valence-corrected chi connectivity index (χ3v) is 3.89. The van der Waals surface area contributed by atoms with Gasteiger partial charge in [-0.25, -0.2) is 12.8 Å². The molecule has 0 aromatic heterocycles. The highest BCUT2D eigenvalue weighted by atomic mass is 32.2. The van der Waals surface area contributed by atoms with Crippen LogP contribution in [0.25, 0.3) is 0 Å². The minimum atomic E-state index is -4.17. The molecular formula is C12H14FN3O3S. The summed E-state index contributed by atoms with van der Waals surface area (Å²) in [6.07, 6.45) is 0. The van der Waals surface area contributed by atoms with Gasteiger partial charge < -0.3 is 11.5 Å². The normalized spacial score (nSPS) is 12.3. The number of rotatable bonds is 4. The van der Waals surface area contributed by atoms with E-state index in [1.807, 2.05) is 4.72 Å². The average Bonchev–Trinajstić information content (AvgIpc) is 2.35. The predicted molar refractivity (Wildman–Crippen MR) is 71.3 cm³/mol. The van der Waals surface area contributed by atoms with Crippen molar-refractivity contribution in [2.24, 2.45) is 11.5 Å². The van der Waals surface area contributed by atoms with E-state index in [1.165, 1.54) is 13.0 Å². The van der Waals surface area contributed by atoms with Crippen LogP contribution in [0.1, 0.15) is 12.5 Å². The van der Waals surface area contributed by atoms with E-state index in [-0.39, 0.29) is 6.54 Å². The van der Waals surface area contributed by atoms with E-state index in [2.05, 4.69) is 11.8 Å². The van der Waals surface area contributed by atoms with Crippen LogP contribution in [-0.2, 0) is 14.8 Å². The first-order chi connectivity index (χ1) is 9.27. The summed E-state index contributed by atoms with van der Waals surface area (Å²) in [5.74, 6) is 3.26. The van der Waals surface area contributed by atoms with Crippen LogP contribution in [0.3, 0.4) is 0 Å². The number of hydrogen-bond donors (Lipinski definition) is 3. The van der Waals surface area contributed by atoms with Crippen molar-refractivity contribution in [3.8, 4) is 11.8 Å². The van der Waals surface area contributed by atoms with E-state index in [1.54, 1.807) is 0 Å². The second-order valence-corrected chi connectivity index (χ2v) is 5.58. The highest BCUT2D eigenvalue weighted by Gasteiger charge is 2.23. The number of benzene rings is 1. The Morgan fingerprint density at radius 2 is 2.15 bits per heavy atom. The molecule has 0 bridgehead atoms. The molecule has 1 unspecified atom stereocenters. The Labute approximate surface area is 116 Å². The van der Waals surface area contributed by atoms with Crippen molar-refractivity contribution < 1.29 is 17.6 Å². The molecular weight excluding hydrogens is 285 g/mol. The number of primary amides is 1. The Morgan fingerprint density at radius 3 is 2.65 bits per heavy atom. The molecule has 1 rings (SSSR count). The van der Waals surface area contributed by atoms with Crippen molar-refractivity contribution in [3.63, 3.8) is 0 Å². The Kier molecular flexibility index (Phi) is 5.21. The monoisotopic (exact) mass is 299 g/mol. The highest BCUT2D eigenvalue weighted by molar-refractivity contribution is 7.89. The number of halogens is 1. The van der Waals surface area contributed by atoms with Gasteiger partial charge in [0.1, 0.15) is 10.7 Å². The van der Waals surface area contributed by atoms with Gasteiger partial charge in [0.2, 0.25) is 15.9 Å². The Balaban J connectivity index is 3.11. The fraction of sp³-hybridized carbons (Fsp3) is 0.250. The highest BCUT2D eigenvalue weighted by Crippen LogP contribution is 2.16. The van der Waals surface area contributed by atoms with Gasteiger partial charge >= 0.3 is 0 Å². The Morgan fingerprint density at radius 1 is 1.50 bits per heavy atom. The largest absolute Gasteiger partial charge is 0.368 e. The van der Waals surface area contributed by atoms with Crippen molar-refractivity contribution in [1.29, 1.82) is 0 Å². The zero-order valence-electron chi connectivity index (χ0n) is 10.7. The molecule has 5 N–H and O–H groups in total. The molecule has 0 saturated heterocycles. The van der Waals surface area contributed by atoms with Crippen LogP contribution in [0.15, 0.2) is 23.1 Å². The summed E-state index contributed by atoms with van der Waals surface area (Å²) in [6, 6.07) is 2.24. The van der Waals surface area contributed by atoms with Gasteiger partial charge in [-0.05, 0) is 25.1 Å². The molecule has 1 aromatic rings. The molecule has 108 valence electrons. The molecule has 0 saturated carbocycles. The van der Waals surface area contributed by atoms with Crippen LogP contribution < -0.4 is 16.2 Å². The molecule has 0 fully saturated rings. The Hall–Kier alpha value is -1.95. The Bertz CT molecular complexity index is 677. The van der Waals surface area contributed by atoms with Crippen LogP contribution in [0.2, 0.25) is 0 Å². The van der Waals surface area contributed by atoms with Gasteiger partial charge in [0.05, 0.1) is 12.6 Å². The van der Waals surface area contributed by atoms with Gasteiger partial charge in [-0.1, -0.05) is 11.8 Å². The van der Waals surface area contributed by atoms with E-state index in [0.29, 0.717) is 5.56 Å². The van der Waals surface area contributed by atoms with Crippen LogP contribution in [0, 0.1) is 17.7 Å². The molecule has 0 spiro atoms. The van der Waals surface area contributed by atoms with E-state index in [9.17, 15) is 17.6 Å². The van der Waals surface area contributed by atoms with Gasteiger partial charge in [0.15, 0.2) is 0 Å². The van der Waals surface area contributed by atoms with Crippen LogP contribution in [-0.4, -0.2) is 26.9 Å². The van der Waals surface area contributed by atoms with Gasteiger partial charge in [-0.15, -0.1) is 0 Å². The number of nitrogens with two attached hydrogens (primary N) is 2. The third-order valence-electron chi connectivity index (χ3n) is 2.31. The summed E-state index contributed by atoms with van der Waals surface area (Å²) in [6.45, 7) is 1.37. The number of hydrogen-bond acceptors (Lipinski definition) is 4.